The molecule has 0 fully saturated rings. The first-order chi connectivity index (χ1) is 12.6. The molecule has 26 heavy (non-hydrogen) atoms. The Morgan fingerprint density at radius 3 is 2.31 bits per heavy atom. The highest BCUT2D eigenvalue weighted by Crippen LogP contribution is 2.16. The number of ether oxygens (including phenoxy) is 2. The number of carbonyl (C=O) groups excluding carboxylic acids is 2. The van der Waals surface area contributed by atoms with Crippen LogP contribution in [0.15, 0.2) is 53.6 Å². The summed E-state index contributed by atoms with van der Waals surface area (Å²) < 4.78 is 10.9. The fourth-order valence-corrected chi connectivity index (χ4v) is 2.01. The van der Waals surface area contributed by atoms with Crippen LogP contribution in [0.4, 0.5) is 0 Å². The van der Waals surface area contributed by atoms with Crippen LogP contribution in [0.5, 0.6) is 11.5 Å². The molecule has 1 N–H and O–H groups in total. The predicted molar refractivity (Wildman–Crippen MR) is 99.7 cm³/mol. The summed E-state index contributed by atoms with van der Waals surface area (Å²) in [5.74, 6) is 0.478. The highest BCUT2D eigenvalue weighted by atomic mass is 16.5. The molecule has 0 heterocycles. The second-order valence-electron chi connectivity index (χ2n) is 5.61. The lowest BCUT2D eigenvalue weighted by molar-refractivity contribution is -0.118. The van der Waals surface area contributed by atoms with Crippen LogP contribution in [0.25, 0.3) is 0 Å². The van der Waals surface area contributed by atoms with Gasteiger partial charge in [0.15, 0.2) is 0 Å². The Kier molecular flexibility index (Phi) is 7.36. The van der Waals surface area contributed by atoms with Gasteiger partial charge in [0.1, 0.15) is 11.5 Å². The summed E-state index contributed by atoms with van der Waals surface area (Å²) in [7, 11) is 0. The van der Waals surface area contributed by atoms with Gasteiger partial charge in [-0.05, 0) is 60.5 Å². The molecule has 0 atom stereocenters. The lowest BCUT2D eigenvalue weighted by Crippen LogP contribution is -2.12. The first-order valence-corrected chi connectivity index (χ1v) is 8.43. The van der Waals surface area contributed by atoms with E-state index in [0.29, 0.717) is 17.9 Å². The van der Waals surface area contributed by atoms with E-state index >= 15 is 0 Å². The van der Waals surface area contributed by atoms with Gasteiger partial charge in [-0.25, -0.2) is 10.2 Å². The average molecular weight is 354 g/mol. The van der Waals surface area contributed by atoms with E-state index in [1.807, 2.05) is 0 Å². The average Bonchev–Trinajstić information content (AvgIpc) is 2.63. The Balaban J connectivity index is 1.90. The fourth-order valence-electron chi connectivity index (χ4n) is 2.01. The second-order valence-corrected chi connectivity index (χ2v) is 5.61. The van der Waals surface area contributed by atoms with Crippen LogP contribution in [-0.2, 0) is 4.79 Å². The number of carbonyl (C=O) groups is 2. The van der Waals surface area contributed by atoms with Gasteiger partial charge in [-0.15, -0.1) is 0 Å². The molecule has 1 amide bonds. The lowest BCUT2D eigenvalue weighted by Gasteiger charge is -2.07. The van der Waals surface area contributed by atoms with Crippen LogP contribution in [0.1, 0.15) is 42.6 Å². The van der Waals surface area contributed by atoms with Crippen molar-refractivity contribution < 1.29 is 19.1 Å². The van der Waals surface area contributed by atoms with Gasteiger partial charge in [0, 0.05) is 6.92 Å². The molecule has 0 bridgehead atoms. The molecule has 2 aromatic carbocycles. The lowest BCUT2D eigenvalue weighted by atomic mass is 10.2. The zero-order valence-electron chi connectivity index (χ0n) is 14.9. The Morgan fingerprint density at radius 2 is 1.69 bits per heavy atom. The van der Waals surface area contributed by atoms with Gasteiger partial charge in [0.25, 0.3) is 0 Å². The fraction of sp³-hybridized carbons (Fsp3) is 0.250. The molecule has 2 aromatic rings. The maximum Gasteiger partial charge on any atom is 0.343 e. The van der Waals surface area contributed by atoms with Crippen LogP contribution in [0, 0.1) is 0 Å². The molecule has 0 saturated heterocycles. The van der Waals surface area contributed by atoms with Crippen LogP contribution < -0.4 is 14.9 Å². The third-order valence-electron chi connectivity index (χ3n) is 3.38. The van der Waals surface area contributed by atoms with E-state index < -0.39 is 5.97 Å². The highest BCUT2D eigenvalue weighted by molar-refractivity contribution is 5.91. The van der Waals surface area contributed by atoms with Crippen molar-refractivity contribution in [2.75, 3.05) is 6.61 Å². The van der Waals surface area contributed by atoms with Gasteiger partial charge >= 0.3 is 5.97 Å². The summed E-state index contributed by atoms with van der Waals surface area (Å²) in [6, 6.07) is 13.7. The van der Waals surface area contributed by atoms with E-state index in [1.165, 1.54) is 13.1 Å². The molecular weight excluding hydrogens is 332 g/mol. The smallest absolute Gasteiger partial charge is 0.343 e. The van der Waals surface area contributed by atoms with Crippen molar-refractivity contribution in [2.24, 2.45) is 5.10 Å². The van der Waals surface area contributed by atoms with Crippen molar-refractivity contribution in [3.63, 3.8) is 0 Å². The highest BCUT2D eigenvalue weighted by Gasteiger charge is 2.08. The van der Waals surface area contributed by atoms with E-state index in [0.717, 1.165) is 24.2 Å². The number of benzene rings is 2. The minimum atomic E-state index is -0.440. The molecule has 6 heteroatoms. The largest absolute Gasteiger partial charge is 0.494 e. The van der Waals surface area contributed by atoms with Crippen molar-refractivity contribution in [3.8, 4) is 11.5 Å². The molecule has 0 aromatic heterocycles. The summed E-state index contributed by atoms with van der Waals surface area (Å²) in [4.78, 5) is 22.9. The summed E-state index contributed by atoms with van der Waals surface area (Å²) in [5.41, 5.74) is 3.54. The molecule has 2 rings (SSSR count). The van der Waals surface area contributed by atoms with E-state index in [9.17, 15) is 9.59 Å². The maximum absolute atomic E-state index is 12.2. The Labute approximate surface area is 152 Å². The number of nitrogens with one attached hydrogen (secondary N) is 1. The molecule has 0 aliphatic carbocycles. The molecular formula is C20H22N2O4. The van der Waals surface area contributed by atoms with Crippen LogP contribution >= 0.6 is 0 Å². The van der Waals surface area contributed by atoms with E-state index in [2.05, 4.69) is 17.5 Å². The van der Waals surface area contributed by atoms with Gasteiger partial charge in [-0.3, -0.25) is 4.79 Å². The second kappa shape index (κ2) is 9.98. The summed E-state index contributed by atoms with van der Waals surface area (Å²) in [6.45, 7) is 4.15. The third-order valence-corrected chi connectivity index (χ3v) is 3.38. The van der Waals surface area contributed by atoms with Crippen molar-refractivity contribution >= 4 is 18.1 Å². The number of hydrogen-bond donors (Lipinski definition) is 1. The molecule has 0 aliphatic heterocycles. The van der Waals surface area contributed by atoms with Crippen molar-refractivity contribution in [1.29, 1.82) is 0 Å². The maximum atomic E-state index is 12.2. The Hall–Kier alpha value is -3.15. The number of hydrogen-bond acceptors (Lipinski definition) is 5. The summed E-state index contributed by atoms with van der Waals surface area (Å²) in [6.07, 6.45) is 3.57. The van der Waals surface area contributed by atoms with Crippen molar-refractivity contribution in [2.45, 2.75) is 26.7 Å². The minimum absolute atomic E-state index is 0.242. The topological polar surface area (TPSA) is 77.0 Å². The first kappa shape index (κ1) is 19.2. The Bertz CT molecular complexity index is 752. The van der Waals surface area contributed by atoms with Gasteiger partial charge in [-0.2, -0.15) is 5.10 Å². The summed E-state index contributed by atoms with van der Waals surface area (Å²) in [5, 5.41) is 3.77. The molecule has 136 valence electrons. The Morgan fingerprint density at radius 1 is 1.04 bits per heavy atom. The molecule has 0 saturated carbocycles. The number of unbranched alkanes of at least 4 members (excludes halogenated alkanes) is 1. The SMILES string of the molecule is CCCCOc1ccc(C(=O)Oc2ccc(/C=N/NC(C)=O)cc2)cc1. The monoisotopic (exact) mass is 354 g/mol. The number of rotatable bonds is 8. The van der Waals surface area contributed by atoms with Crippen LogP contribution in [-0.4, -0.2) is 24.7 Å². The standard InChI is InChI=1S/C20H22N2O4/c1-3-4-13-25-18-11-7-17(8-12-18)20(24)26-19-9-5-16(6-10-19)14-21-22-15(2)23/h5-12,14H,3-4,13H2,1-2H3,(H,22,23)/b21-14+. The molecule has 0 unspecified atom stereocenters. The van der Waals surface area contributed by atoms with Crippen molar-refractivity contribution in [1.82, 2.24) is 5.43 Å². The molecule has 0 aliphatic rings. The number of amides is 1. The number of nitrogens with zero attached hydrogens (tertiary/aromatic N) is 1. The van der Waals surface area contributed by atoms with Crippen LogP contribution in [0.3, 0.4) is 0 Å². The zero-order chi connectivity index (χ0) is 18.8. The van der Waals surface area contributed by atoms with Crippen LogP contribution in [0.2, 0.25) is 0 Å². The zero-order valence-corrected chi connectivity index (χ0v) is 14.9. The molecule has 0 spiro atoms. The van der Waals surface area contributed by atoms with Gasteiger partial charge < -0.3 is 9.47 Å². The molecule has 0 radical (unpaired) electrons. The quantitative estimate of drug-likeness (QED) is 0.259. The normalized spacial score (nSPS) is 10.5. The van der Waals surface area contributed by atoms with Gasteiger partial charge in [-0.1, -0.05) is 13.3 Å². The minimum Gasteiger partial charge on any atom is -0.494 e. The van der Waals surface area contributed by atoms with E-state index in [4.69, 9.17) is 9.47 Å². The van der Waals surface area contributed by atoms with E-state index in [-0.39, 0.29) is 5.91 Å². The van der Waals surface area contributed by atoms with Crippen molar-refractivity contribution in [3.05, 3.63) is 59.7 Å². The third kappa shape index (κ3) is 6.39. The van der Waals surface area contributed by atoms with E-state index in [1.54, 1.807) is 48.5 Å². The molecule has 6 nitrogen and oxygen atoms in total. The first-order valence-electron chi connectivity index (χ1n) is 8.43. The van der Waals surface area contributed by atoms with Gasteiger partial charge in [0.05, 0.1) is 18.4 Å². The number of hydrazone groups is 1. The predicted octanol–water partition coefficient (Wildman–Crippen LogP) is 3.55. The summed E-state index contributed by atoms with van der Waals surface area (Å²) >= 11 is 0. The van der Waals surface area contributed by atoms with Gasteiger partial charge in [0.2, 0.25) is 5.91 Å². The number of esters is 1.